The van der Waals surface area contributed by atoms with Crippen LogP contribution in [0.4, 0.5) is 5.82 Å². The molecule has 0 saturated carbocycles. The SMILES string of the molecule is Nc1ncnc2c1ncn2[C@@H]1O[C@H](COP(=O)(O)CP(=O)(O)OP(=O)(O)O)[C@@H](O)[C@H]1O. The summed E-state index contributed by atoms with van der Waals surface area (Å²) in [6.45, 7) is -0.831. The largest absolute Gasteiger partial charge is 0.476 e. The fourth-order valence-electron chi connectivity index (χ4n) is 2.80. The summed E-state index contributed by atoms with van der Waals surface area (Å²) in [4.78, 5) is 47.9. The van der Waals surface area contributed by atoms with Crippen LogP contribution in [0.3, 0.4) is 0 Å². The first-order chi connectivity index (χ1) is 14.2. The molecule has 3 heterocycles. The number of aliphatic hydroxyl groups is 2. The van der Waals surface area contributed by atoms with E-state index in [-0.39, 0.29) is 17.0 Å². The summed E-state index contributed by atoms with van der Waals surface area (Å²) in [7, 11) is -15.6. The Morgan fingerprint density at radius 2 is 1.74 bits per heavy atom. The first-order valence-electron chi connectivity index (χ1n) is 8.19. The van der Waals surface area contributed by atoms with Gasteiger partial charge in [0.15, 0.2) is 23.6 Å². The van der Waals surface area contributed by atoms with Gasteiger partial charge in [0.25, 0.3) is 0 Å². The highest BCUT2D eigenvalue weighted by molar-refractivity contribution is 7.74. The van der Waals surface area contributed by atoms with Crippen LogP contribution in [0.1, 0.15) is 6.23 Å². The molecule has 0 bridgehead atoms. The van der Waals surface area contributed by atoms with Gasteiger partial charge in [-0.15, -0.1) is 0 Å². The van der Waals surface area contributed by atoms with Crippen LogP contribution in [-0.2, 0) is 27.3 Å². The van der Waals surface area contributed by atoms with E-state index in [4.69, 9.17) is 20.3 Å². The maximum atomic E-state index is 12.0. The Balaban J connectivity index is 1.69. The second kappa shape index (κ2) is 8.56. The molecule has 20 heteroatoms. The van der Waals surface area contributed by atoms with Gasteiger partial charge in [-0.2, -0.15) is 0 Å². The van der Waals surface area contributed by atoms with E-state index in [1.54, 1.807) is 0 Å². The summed E-state index contributed by atoms with van der Waals surface area (Å²) in [5.41, 5.74) is 6.06. The van der Waals surface area contributed by atoms with Crippen LogP contribution in [0.15, 0.2) is 12.7 Å². The third-order valence-electron chi connectivity index (χ3n) is 4.03. The molecule has 2 aromatic heterocycles. The zero-order chi connectivity index (χ0) is 23.2. The minimum atomic E-state index is -5.42. The van der Waals surface area contributed by atoms with Crippen LogP contribution >= 0.6 is 23.0 Å². The van der Waals surface area contributed by atoms with Crippen LogP contribution in [0, 0.1) is 0 Å². The van der Waals surface area contributed by atoms with E-state index >= 15 is 0 Å². The second-order valence-corrected chi connectivity index (χ2v) is 12.0. The molecular formula is C11H18N5O12P3. The molecule has 174 valence electrons. The lowest BCUT2D eigenvalue weighted by atomic mass is 10.1. The quantitative estimate of drug-likeness (QED) is 0.201. The molecular weight excluding hydrogens is 487 g/mol. The Morgan fingerprint density at radius 3 is 2.39 bits per heavy atom. The number of ether oxygens (including phenoxy) is 1. The van der Waals surface area contributed by atoms with Gasteiger partial charge >= 0.3 is 23.0 Å². The van der Waals surface area contributed by atoms with Gasteiger partial charge < -0.3 is 44.8 Å². The van der Waals surface area contributed by atoms with Crippen molar-refractivity contribution in [3.63, 3.8) is 0 Å². The van der Waals surface area contributed by atoms with Gasteiger partial charge in [-0.25, -0.2) is 23.8 Å². The molecule has 2 unspecified atom stereocenters. The maximum Gasteiger partial charge on any atom is 0.476 e. The summed E-state index contributed by atoms with van der Waals surface area (Å²) >= 11 is 0. The summed E-state index contributed by atoms with van der Waals surface area (Å²) in [6.07, 6.45) is -3.43. The van der Waals surface area contributed by atoms with Crippen molar-refractivity contribution in [2.24, 2.45) is 0 Å². The highest BCUT2D eigenvalue weighted by Crippen LogP contribution is 2.64. The molecule has 1 fully saturated rings. The van der Waals surface area contributed by atoms with Crippen molar-refractivity contribution in [1.82, 2.24) is 19.5 Å². The highest BCUT2D eigenvalue weighted by Gasteiger charge is 2.46. The monoisotopic (exact) mass is 505 g/mol. The molecule has 0 amide bonds. The Kier molecular flexibility index (Phi) is 6.71. The Morgan fingerprint density at radius 1 is 1.06 bits per heavy atom. The predicted molar refractivity (Wildman–Crippen MR) is 99.3 cm³/mol. The highest BCUT2D eigenvalue weighted by atomic mass is 31.3. The number of phosphoric acid groups is 1. The molecule has 3 rings (SSSR count). The molecule has 0 radical (unpaired) electrons. The fraction of sp³-hybridized carbons (Fsp3) is 0.545. The van der Waals surface area contributed by atoms with Crippen LogP contribution in [0.2, 0.25) is 0 Å². The number of nitrogens with zero attached hydrogens (tertiary/aromatic N) is 4. The van der Waals surface area contributed by atoms with Crippen LogP contribution in [0.25, 0.3) is 11.2 Å². The van der Waals surface area contributed by atoms with E-state index in [9.17, 15) is 33.7 Å². The van der Waals surface area contributed by atoms with E-state index in [2.05, 4.69) is 23.8 Å². The first kappa shape index (κ1) is 24.3. The topological polar surface area (TPSA) is 270 Å². The number of anilines is 1. The average molecular weight is 505 g/mol. The average Bonchev–Trinajstić information content (AvgIpc) is 3.13. The number of fused-ring (bicyclic) bond motifs is 1. The first-order valence-corrected chi connectivity index (χ1v) is 13.2. The Hall–Kier alpha value is -1.32. The van der Waals surface area contributed by atoms with Gasteiger partial charge in [0.2, 0.25) is 0 Å². The van der Waals surface area contributed by atoms with E-state index in [0.29, 0.717) is 0 Å². The van der Waals surface area contributed by atoms with Crippen molar-refractivity contribution in [3.05, 3.63) is 12.7 Å². The number of rotatable bonds is 8. The van der Waals surface area contributed by atoms with E-state index in [1.807, 2.05) is 0 Å². The molecule has 1 saturated heterocycles. The lowest BCUT2D eigenvalue weighted by Gasteiger charge is -2.19. The maximum absolute atomic E-state index is 12.0. The zero-order valence-electron chi connectivity index (χ0n) is 15.2. The number of imidazole rings is 1. The van der Waals surface area contributed by atoms with Gasteiger partial charge in [0.1, 0.15) is 30.2 Å². The van der Waals surface area contributed by atoms with Gasteiger partial charge in [0.05, 0.1) is 12.9 Å². The normalized spacial score (nSPS) is 28.5. The Labute approximate surface area is 172 Å². The fourth-order valence-corrected chi connectivity index (χ4v) is 7.32. The lowest BCUT2D eigenvalue weighted by molar-refractivity contribution is -0.0483. The number of nitrogens with two attached hydrogens (primary N) is 1. The Bertz CT molecular complexity index is 1110. The minimum Gasteiger partial charge on any atom is -0.387 e. The van der Waals surface area contributed by atoms with Crippen molar-refractivity contribution in [1.29, 1.82) is 0 Å². The van der Waals surface area contributed by atoms with Crippen molar-refractivity contribution in [2.45, 2.75) is 24.5 Å². The van der Waals surface area contributed by atoms with Crippen molar-refractivity contribution < 1.29 is 57.1 Å². The lowest BCUT2D eigenvalue weighted by Crippen LogP contribution is -2.33. The van der Waals surface area contributed by atoms with Gasteiger partial charge in [0, 0.05) is 0 Å². The molecule has 1 aliphatic rings. The molecule has 1 aliphatic heterocycles. The van der Waals surface area contributed by atoms with Crippen LogP contribution in [-0.4, -0.2) is 80.1 Å². The van der Waals surface area contributed by atoms with Crippen molar-refractivity contribution in [3.8, 4) is 0 Å². The standard InChI is InChI=1S/C11H18N5O12P3/c12-9-6-10(14-2-13-9)16(3-15-6)11-8(18)7(17)5(27-11)1-26-29(19,20)4-30(21,22)28-31(23,24)25/h2-3,5,7-8,11,17-18H,1,4H2,(H,19,20)(H,21,22)(H2,12,13,14)(H2,23,24,25)/t5-,7-,8-,11-/m1/s1. The summed E-state index contributed by atoms with van der Waals surface area (Å²) in [5, 5.41) is 20.5. The number of nitrogen functional groups attached to an aromatic ring is 1. The van der Waals surface area contributed by atoms with Gasteiger partial charge in [-0.1, -0.05) is 0 Å². The number of hydrogen-bond acceptors (Lipinski definition) is 12. The van der Waals surface area contributed by atoms with Crippen LogP contribution in [0.5, 0.6) is 0 Å². The third-order valence-corrected chi connectivity index (χ3v) is 9.31. The summed E-state index contributed by atoms with van der Waals surface area (Å²) < 4.78 is 49.2. The zero-order valence-corrected chi connectivity index (χ0v) is 17.9. The molecule has 0 spiro atoms. The molecule has 0 aromatic carbocycles. The summed E-state index contributed by atoms with van der Waals surface area (Å²) in [5.74, 6) is -1.58. The smallest absolute Gasteiger partial charge is 0.387 e. The third kappa shape index (κ3) is 5.73. The molecule has 0 aliphatic carbocycles. The van der Waals surface area contributed by atoms with E-state index < -0.39 is 60.1 Å². The van der Waals surface area contributed by atoms with Gasteiger partial charge in [-0.05, 0) is 0 Å². The molecule has 6 atom stereocenters. The van der Waals surface area contributed by atoms with Crippen molar-refractivity contribution >= 4 is 40.0 Å². The molecule has 2 aromatic rings. The number of aliphatic hydroxyl groups excluding tert-OH is 2. The predicted octanol–water partition coefficient (Wildman–Crippen LogP) is -1.52. The molecule has 31 heavy (non-hydrogen) atoms. The van der Waals surface area contributed by atoms with Crippen molar-refractivity contribution in [2.75, 3.05) is 18.2 Å². The second-order valence-electron chi connectivity index (χ2n) is 6.41. The summed E-state index contributed by atoms with van der Waals surface area (Å²) in [6, 6.07) is 0. The molecule has 8 N–H and O–H groups in total. The van der Waals surface area contributed by atoms with E-state index in [0.717, 1.165) is 6.33 Å². The molecule has 17 nitrogen and oxygen atoms in total. The van der Waals surface area contributed by atoms with Gasteiger partial charge in [-0.3, -0.25) is 13.7 Å². The minimum absolute atomic E-state index is 0.0591. The van der Waals surface area contributed by atoms with Crippen LogP contribution < -0.4 is 5.73 Å². The number of aromatic nitrogens is 4. The number of hydrogen-bond donors (Lipinski definition) is 7. The van der Waals surface area contributed by atoms with E-state index in [1.165, 1.54) is 10.9 Å².